The first-order valence-corrected chi connectivity index (χ1v) is 6.16. The number of carbonyl (C=O) groups excluding carboxylic acids is 1. The number of carbonyl (C=O) groups is 1. The molecule has 5 heteroatoms. The van der Waals surface area contributed by atoms with E-state index in [2.05, 4.69) is 11.1 Å². The molecule has 0 aliphatic heterocycles. The van der Waals surface area contributed by atoms with E-state index < -0.39 is 5.97 Å². The van der Waals surface area contributed by atoms with E-state index in [1.165, 1.54) is 19.3 Å². The first-order chi connectivity index (χ1) is 8.56. The van der Waals surface area contributed by atoms with Crippen LogP contribution in [0, 0.1) is 16.7 Å². The van der Waals surface area contributed by atoms with E-state index in [-0.39, 0.29) is 5.41 Å². The van der Waals surface area contributed by atoms with Gasteiger partial charge in [-0.25, -0.2) is 9.79 Å². The number of hydrogen-bond acceptors (Lipinski definition) is 4. The van der Waals surface area contributed by atoms with Crippen LogP contribution in [0.1, 0.15) is 51.9 Å². The van der Waals surface area contributed by atoms with E-state index in [1.54, 1.807) is 6.08 Å². The number of aliphatic imine (C=N–C) groups is 1. The molecule has 18 heavy (non-hydrogen) atoms. The number of aliphatic carboxylic acids is 1. The predicted octanol–water partition coefficient (Wildman–Crippen LogP) is 2.67. The minimum absolute atomic E-state index is 0.130. The number of nitrogens with zero attached hydrogens (tertiary/aromatic N) is 2. The second-order valence-corrected chi connectivity index (χ2v) is 4.65. The molecule has 0 amide bonds. The molecule has 1 aliphatic rings. The first kappa shape index (κ1) is 16.3. The number of rotatable bonds is 4. The van der Waals surface area contributed by atoms with Crippen molar-refractivity contribution in [1.82, 2.24) is 0 Å². The van der Waals surface area contributed by atoms with Gasteiger partial charge in [-0.1, -0.05) is 19.3 Å². The van der Waals surface area contributed by atoms with Gasteiger partial charge in [0, 0.05) is 13.3 Å². The van der Waals surface area contributed by atoms with Gasteiger partial charge in [-0.3, -0.25) is 4.79 Å². The Bertz CT molecular complexity index is 331. The molecule has 1 fully saturated rings. The zero-order chi connectivity index (χ0) is 13.9. The SMILES string of the molecule is CC(=O)O.N#CCCC1(CN=C=O)CCCCC1. The number of isocyanates is 1. The molecular formula is C13H20N2O3. The van der Waals surface area contributed by atoms with Crippen LogP contribution in [0.5, 0.6) is 0 Å². The van der Waals surface area contributed by atoms with Gasteiger partial charge in [0.2, 0.25) is 6.08 Å². The molecule has 1 N–H and O–H groups in total. The predicted molar refractivity (Wildman–Crippen MR) is 66.7 cm³/mol. The Morgan fingerprint density at radius 2 is 1.94 bits per heavy atom. The van der Waals surface area contributed by atoms with Crippen LogP contribution in [0.25, 0.3) is 0 Å². The summed E-state index contributed by atoms with van der Waals surface area (Å²) in [5.74, 6) is -0.833. The quantitative estimate of drug-likeness (QED) is 0.615. The molecule has 0 unspecified atom stereocenters. The fraction of sp³-hybridized carbons (Fsp3) is 0.769. The van der Waals surface area contributed by atoms with Crippen molar-refractivity contribution in [2.24, 2.45) is 10.4 Å². The lowest BCUT2D eigenvalue weighted by atomic mass is 9.71. The topological polar surface area (TPSA) is 90.5 Å². The fourth-order valence-electron chi connectivity index (χ4n) is 2.31. The third-order valence-electron chi connectivity index (χ3n) is 3.16. The Morgan fingerprint density at radius 1 is 1.39 bits per heavy atom. The van der Waals surface area contributed by atoms with Gasteiger partial charge in [0.15, 0.2) is 0 Å². The van der Waals surface area contributed by atoms with E-state index in [9.17, 15) is 4.79 Å². The number of carboxylic acids is 1. The van der Waals surface area contributed by atoms with Crippen LogP contribution >= 0.6 is 0 Å². The highest BCUT2D eigenvalue weighted by Gasteiger charge is 2.31. The van der Waals surface area contributed by atoms with Gasteiger partial charge in [-0.2, -0.15) is 5.26 Å². The molecule has 0 heterocycles. The molecule has 0 bridgehead atoms. The molecule has 0 aromatic heterocycles. The molecule has 0 radical (unpaired) electrons. The van der Waals surface area contributed by atoms with Crippen molar-refractivity contribution >= 4 is 12.0 Å². The molecular weight excluding hydrogens is 232 g/mol. The smallest absolute Gasteiger partial charge is 0.300 e. The second kappa shape index (κ2) is 9.38. The Hall–Kier alpha value is -1.66. The Morgan fingerprint density at radius 3 is 2.39 bits per heavy atom. The summed E-state index contributed by atoms with van der Waals surface area (Å²) in [6.07, 6.45) is 8.98. The minimum Gasteiger partial charge on any atom is -0.481 e. The molecule has 0 aromatic carbocycles. The normalized spacial score (nSPS) is 16.4. The highest BCUT2D eigenvalue weighted by atomic mass is 16.4. The fourth-order valence-corrected chi connectivity index (χ4v) is 2.31. The summed E-state index contributed by atoms with van der Waals surface area (Å²) in [6.45, 7) is 1.65. The molecule has 0 aromatic rings. The van der Waals surface area contributed by atoms with Crippen LogP contribution in [-0.2, 0) is 9.59 Å². The van der Waals surface area contributed by atoms with Crippen molar-refractivity contribution in [3.63, 3.8) is 0 Å². The van der Waals surface area contributed by atoms with Crippen molar-refractivity contribution < 1.29 is 14.7 Å². The Labute approximate surface area is 108 Å². The van der Waals surface area contributed by atoms with Crippen LogP contribution < -0.4 is 0 Å². The molecule has 0 saturated heterocycles. The zero-order valence-electron chi connectivity index (χ0n) is 10.8. The Balaban J connectivity index is 0.000000631. The first-order valence-electron chi connectivity index (χ1n) is 6.16. The van der Waals surface area contributed by atoms with Crippen molar-refractivity contribution in [2.75, 3.05) is 6.54 Å². The summed E-state index contributed by atoms with van der Waals surface area (Å²) < 4.78 is 0. The monoisotopic (exact) mass is 252 g/mol. The average Bonchev–Trinajstić information content (AvgIpc) is 2.35. The summed E-state index contributed by atoms with van der Waals surface area (Å²) in [5.41, 5.74) is 0.130. The van der Waals surface area contributed by atoms with Crippen LogP contribution in [0.3, 0.4) is 0 Å². The summed E-state index contributed by atoms with van der Waals surface area (Å²) >= 11 is 0. The number of hydrogen-bond donors (Lipinski definition) is 1. The standard InChI is InChI=1S/C11H16N2O.C2H4O2/c12-8-4-7-11(9-13-10-14)5-2-1-3-6-11;1-2(3)4/h1-7,9H2;1H3,(H,3,4). The van der Waals surface area contributed by atoms with Gasteiger partial charge in [0.25, 0.3) is 5.97 Å². The lowest BCUT2D eigenvalue weighted by Crippen LogP contribution is -2.27. The molecule has 0 atom stereocenters. The maximum Gasteiger partial charge on any atom is 0.300 e. The van der Waals surface area contributed by atoms with Gasteiger partial charge in [-0.05, 0) is 24.7 Å². The van der Waals surface area contributed by atoms with Crippen LogP contribution in [0.15, 0.2) is 4.99 Å². The summed E-state index contributed by atoms with van der Waals surface area (Å²) in [4.78, 5) is 22.8. The lowest BCUT2D eigenvalue weighted by Gasteiger charge is -2.35. The molecule has 1 aliphatic carbocycles. The van der Waals surface area contributed by atoms with E-state index in [1.807, 2.05) is 0 Å². The van der Waals surface area contributed by atoms with Crippen molar-refractivity contribution in [3.05, 3.63) is 0 Å². The van der Waals surface area contributed by atoms with Gasteiger partial charge in [0.05, 0.1) is 12.6 Å². The van der Waals surface area contributed by atoms with Crippen molar-refractivity contribution in [1.29, 1.82) is 5.26 Å². The summed E-state index contributed by atoms with van der Waals surface area (Å²) in [7, 11) is 0. The highest BCUT2D eigenvalue weighted by molar-refractivity contribution is 5.62. The average molecular weight is 252 g/mol. The van der Waals surface area contributed by atoms with Gasteiger partial charge in [-0.15, -0.1) is 0 Å². The lowest BCUT2D eigenvalue weighted by molar-refractivity contribution is -0.134. The van der Waals surface area contributed by atoms with E-state index in [0.29, 0.717) is 13.0 Å². The van der Waals surface area contributed by atoms with Gasteiger partial charge < -0.3 is 5.11 Å². The van der Waals surface area contributed by atoms with E-state index >= 15 is 0 Å². The van der Waals surface area contributed by atoms with Crippen molar-refractivity contribution in [3.8, 4) is 6.07 Å². The number of carboxylic acid groups (broad SMARTS) is 1. The van der Waals surface area contributed by atoms with Gasteiger partial charge >= 0.3 is 0 Å². The van der Waals surface area contributed by atoms with E-state index in [0.717, 1.165) is 26.2 Å². The summed E-state index contributed by atoms with van der Waals surface area (Å²) in [5, 5.41) is 16.0. The highest BCUT2D eigenvalue weighted by Crippen LogP contribution is 2.40. The molecule has 1 rings (SSSR count). The largest absolute Gasteiger partial charge is 0.481 e. The Kier molecular flexibility index (Phi) is 8.51. The van der Waals surface area contributed by atoms with Crippen LogP contribution in [0.4, 0.5) is 0 Å². The van der Waals surface area contributed by atoms with Crippen molar-refractivity contribution in [2.45, 2.75) is 51.9 Å². The third kappa shape index (κ3) is 7.59. The second-order valence-electron chi connectivity index (χ2n) is 4.65. The zero-order valence-corrected chi connectivity index (χ0v) is 10.8. The van der Waals surface area contributed by atoms with Gasteiger partial charge in [0.1, 0.15) is 0 Å². The molecule has 100 valence electrons. The van der Waals surface area contributed by atoms with E-state index in [4.69, 9.17) is 15.2 Å². The number of nitriles is 1. The molecule has 0 spiro atoms. The molecule has 5 nitrogen and oxygen atoms in total. The maximum atomic E-state index is 10.1. The third-order valence-corrected chi connectivity index (χ3v) is 3.16. The van der Waals surface area contributed by atoms with Crippen LogP contribution in [0.2, 0.25) is 0 Å². The maximum absolute atomic E-state index is 10.1. The molecule has 1 saturated carbocycles. The minimum atomic E-state index is -0.833. The summed E-state index contributed by atoms with van der Waals surface area (Å²) in [6, 6.07) is 2.18. The van der Waals surface area contributed by atoms with Crippen LogP contribution in [-0.4, -0.2) is 23.7 Å².